The third-order valence-electron chi connectivity index (χ3n) is 3.92. The van der Waals surface area contributed by atoms with Crippen molar-refractivity contribution in [2.45, 2.75) is 46.7 Å². The quantitative estimate of drug-likeness (QED) is 0.750. The largest absolute Gasteiger partial charge is 0.432 e. The number of anilines is 1. The Morgan fingerprint density at radius 3 is 2.19 bits per heavy atom. The molecule has 26 heavy (non-hydrogen) atoms. The maximum atomic E-state index is 12.4. The second-order valence-electron chi connectivity index (χ2n) is 6.81. The summed E-state index contributed by atoms with van der Waals surface area (Å²) in [6.07, 6.45) is 0. The lowest BCUT2D eigenvalue weighted by Crippen LogP contribution is -2.43. The topological polar surface area (TPSA) is 41.6 Å². The molecule has 4 nitrogen and oxygen atoms in total. The molecule has 0 unspecified atom stereocenters. The molecule has 0 aliphatic rings. The predicted octanol–water partition coefficient (Wildman–Crippen LogP) is 5.03. The summed E-state index contributed by atoms with van der Waals surface area (Å²) < 4.78 is 5.79. The zero-order chi connectivity index (χ0) is 19.3. The summed E-state index contributed by atoms with van der Waals surface area (Å²) in [5, 5.41) is 3.33. The van der Waals surface area contributed by atoms with Gasteiger partial charge in [0.25, 0.3) is 11.1 Å². The van der Waals surface area contributed by atoms with Gasteiger partial charge in [0.05, 0.1) is 0 Å². The minimum atomic E-state index is -0.157. The van der Waals surface area contributed by atoms with Gasteiger partial charge < -0.3 is 15.0 Å². The van der Waals surface area contributed by atoms with Crippen LogP contribution in [0.1, 0.15) is 43.6 Å². The molecule has 2 aromatic rings. The molecule has 0 bridgehead atoms. The lowest BCUT2D eigenvalue weighted by Gasteiger charge is -2.32. The number of hydrogen-bond donors (Lipinski definition) is 1. The molecule has 0 radical (unpaired) electrons. The van der Waals surface area contributed by atoms with Crippen LogP contribution in [0.5, 0.6) is 5.75 Å². The van der Waals surface area contributed by atoms with Crippen molar-refractivity contribution in [1.29, 1.82) is 0 Å². The fraction of sp³-hybridized carbons (Fsp3) is 0.333. The number of benzene rings is 2. The highest BCUT2D eigenvalue weighted by Crippen LogP contribution is 2.17. The van der Waals surface area contributed by atoms with Crippen LogP contribution in [0.3, 0.4) is 0 Å². The number of thiocarbonyl (C=S) groups is 1. The second kappa shape index (κ2) is 8.81. The molecule has 0 heterocycles. The van der Waals surface area contributed by atoms with Crippen molar-refractivity contribution in [3.05, 3.63) is 59.7 Å². The Bertz CT molecular complexity index is 762. The Kier molecular flexibility index (Phi) is 6.75. The van der Waals surface area contributed by atoms with Gasteiger partial charge in [-0.3, -0.25) is 4.79 Å². The van der Waals surface area contributed by atoms with Crippen LogP contribution in [-0.4, -0.2) is 28.1 Å². The minimum absolute atomic E-state index is 0.157. The zero-order valence-electron chi connectivity index (χ0n) is 15.9. The molecular weight excluding hydrogens is 344 g/mol. The third-order valence-corrected chi connectivity index (χ3v) is 4.22. The monoisotopic (exact) mass is 370 g/mol. The predicted molar refractivity (Wildman–Crippen MR) is 111 cm³/mol. The summed E-state index contributed by atoms with van der Waals surface area (Å²) in [6.45, 7) is 10.3. The second-order valence-corrected chi connectivity index (χ2v) is 7.16. The van der Waals surface area contributed by atoms with E-state index < -0.39 is 0 Å². The molecule has 0 aliphatic heterocycles. The molecule has 138 valence electrons. The number of hydrogen-bond acceptors (Lipinski definition) is 3. The molecule has 0 saturated heterocycles. The average Bonchev–Trinajstić information content (AvgIpc) is 2.54. The molecule has 0 saturated carbocycles. The summed E-state index contributed by atoms with van der Waals surface area (Å²) in [5.74, 6) is 0.462. The lowest BCUT2D eigenvalue weighted by atomic mass is 10.2. The highest BCUT2D eigenvalue weighted by atomic mass is 32.1. The number of carbonyl (C=O) groups excluding carboxylic acids is 1. The van der Waals surface area contributed by atoms with E-state index in [4.69, 9.17) is 17.0 Å². The van der Waals surface area contributed by atoms with Gasteiger partial charge in [0.2, 0.25) is 0 Å². The van der Waals surface area contributed by atoms with Crippen molar-refractivity contribution < 1.29 is 9.53 Å². The van der Waals surface area contributed by atoms with Crippen molar-refractivity contribution >= 4 is 29.0 Å². The number of amides is 1. The van der Waals surface area contributed by atoms with Gasteiger partial charge in [0, 0.05) is 23.3 Å². The first-order valence-corrected chi connectivity index (χ1v) is 9.17. The van der Waals surface area contributed by atoms with E-state index >= 15 is 0 Å². The fourth-order valence-electron chi connectivity index (χ4n) is 2.77. The average molecular weight is 371 g/mol. The highest BCUT2D eigenvalue weighted by Gasteiger charge is 2.18. The van der Waals surface area contributed by atoms with E-state index in [1.54, 1.807) is 24.3 Å². The van der Waals surface area contributed by atoms with Gasteiger partial charge in [0.15, 0.2) is 0 Å². The lowest BCUT2D eigenvalue weighted by molar-refractivity contribution is 0.102. The summed E-state index contributed by atoms with van der Waals surface area (Å²) in [6, 6.07) is 15.2. The van der Waals surface area contributed by atoms with Crippen LogP contribution < -0.4 is 10.1 Å². The van der Waals surface area contributed by atoms with E-state index in [0.717, 1.165) is 11.3 Å². The maximum Gasteiger partial charge on any atom is 0.265 e. The van der Waals surface area contributed by atoms with E-state index in [1.165, 1.54) is 0 Å². The summed E-state index contributed by atoms with van der Waals surface area (Å²) >= 11 is 5.42. The van der Waals surface area contributed by atoms with Gasteiger partial charge in [-0.1, -0.05) is 12.1 Å². The van der Waals surface area contributed by atoms with Crippen molar-refractivity contribution in [3.8, 4) is 5.75 Å². The molecule has 2 rings (SSSR count). The first-order chi connectivity index (χ1) is 12.3. The van der Waals surface area contributed by atoms with E-state index in [9.17, 15) is 4.79 Å². The Labute approximate surface area is 161 Å². The first kappa shape index (κ1) is 19.9. The SMILES string of the molecule is Cc1cccc(NC(=O)c2ccc(OC(=S)N(C(C)C)C(C)C)cc2)c1. The van der Waals surface area contributed by atoms with Crippen molar-refractivity contribution in [2.75, 3.05) is 5.32 Å². The third kappa shape index (κ3) is 5.30. The molecule has 0 atom stereocenters. The van der Waals surface area contributed by atoms with Gasteiger partial charge in [-0.25, -0.2) is 0 Å². The Balaban J connectivity index is 2.03. The van der Waals surface area contributed by atoms with Gasteiger partial charge in [-0.2, -0.15) is 0 Å². The van der Waals surface area contributed by atoms with Crippen LogP contribution in [0.4, 0.5) is 5.69 Å². The molecular formula is C21H26N2O2S. The molecule has 0 aromatic heterocycles. The molecule has 2 aromatic carbocycles. The number of nitrogens with zero attached hydrogens (tertiary/aromatic N) is 1. The van der Waals surface area contributed by atoms with E-state index in [-0.39, 0.29) is 18.0 Å². The Morgan fingerprint density at radius 2 is 1.65 bits per heavy atom. The van der Waals surface area contributed by atoms with Crippen LogP contribution in [-0.2, 0) is 0 Å². The number of nitrogens with one attached hydrogen (secondary N) is 1. The Hall–Kier alpha value is -2.40. The van der Waals surface area contributed by atoms with Gasteiger partial charge >= 0.3 is 0 Å². The van der Waals surface area contributed by atoms with Crippen LogP contribution in [0.2, 0.25) is 0 Å². The normalized spacial score (nSPS) is 10.7. The van der Waals surface area contributed by atoms with Gasteiger partial charge in [0.1, 0.15) is 5.75 Å². The number of carbonyl (C=O) groups is 1. The molecule has 0 spiro atoms. The van der Waals surface area contributed by atoms with Crippen molar-refractivity contribution in [2.24, 2.45) is 0 Å². The number of ether oxygens (including phenoxy) is 1. The summed E-state index contributed by atoms with van der Waals surface area (Å²) in [4.78, 5) is 14.4. The zero-order valence-corrected chi connectivity index (χ0v) is 16.8. The van der Waals surface area contributed by atoms with Crippen molar-refractivity contribution in [1.82, 2.24) is 4.90 Å². The minimum Gasteiger partial charge on any atom is -0.432 e. The standard InChI is InChI=1S/C21H26N2O2S/c1-14(2)23(15(3)4)21(26)25-19-11-9-17(10-12-19)20(24)22-18-8-6-7-16(5)13-18/h6-15H,1-5H3,(H,22,24). The molecule has 0 aliphatic carbocycles. The highest BCUT2D eigenvalue weighted by molar-refractivity contribution is 7.80. The maximum absolute atomic E-state index is 12.4. The molecule has 0 fully saturated rings. The smallest absolute Gasteiger partial charge is 0.265 e. The van der Waals surface area contributed by atoms with E-state index in [2.05, 4.69) is 33.0 Å². The summed E-state index contributed by atoms with van der Waals surface area (Å²) in [5.41, 5.74) is 2.44. The van der Waals surface area contributed by atoms with Crippen molar-refractivity contribution in [3.63, 3.8) is 0 Å². The molecule has 1 N–H and O–H groups in total. The van der Waals surface area contributed by atoms with Crippen LogP contribution in [0, 0.1) is 6.92 Å². The van der Waals surface area contributed by atoms with Crippen LogP contribution in [0.15, 0.2) is 48.5 Å². The Morgan fingerprint density at radius 1 is 1.04 bits per heavy atom. The molecule has 1 amide bonds. The summed E-state index contributed by atoms with van der Waals surface area (Å²) in [7, 11) is 0. The molecule has 5 heteroatoms. The van der Waals surface area contributed by atoms with E-state index in [0.29, 0.717) is 16.5 Å². The van der Waals surface area contributed by atoms with Gasteiger partial charge in [-0.05, 0) is 88.8 Å². The van der Waals surface area contributed by atoms with Crippen LogP contribution >= 0.6 is 12.2 Å². The number of aryl methyl sites for hydroxylation is 1. The fourth-order valence-corrected chi connectivity index (χ4v) is 3.29. The number of rotatable bonds is 5. The van der Waals surface area contributed by atoms with Gasteiger partial charge in [-0.15, -0.1) is 0 Å². The van der Waals surface area contributed by atoms with Crippen LogP contribution in [0.25, 0.3) is 0 Å². The van der Waals surface area contributed by atoms with E-state index in [1.807, 2.05) is 36.1 Å². The first-order valence-electron chi connectivity index (χ1n) is 8.76.